The highest BCUT2D eigenvalue weighted by Gasteiger charge is 2.56. The number of allylic oxidation sites excluding steroid dienone is 4. The zero-order chi connectivity index (χ0) is 26.8. The molecule has 0 aromatic rings. The van der Waals surface area contributed by atoms with E-state index in [9.17, 15) is 20.1 Å². The molecule has 4 saturated carbocycles. The van der Waals surface area contributed by atoms with Crippen molar-refractivity contribution in [3.05, 3.63) is 47.6 Å². The lowest BCUT2D eigenvalue weighted by Crippen LogP contribution is -2.36. The van der Waals surface area contributed by atoms with Crippen LogP contribution in [0, 0.1) is 28.6 Å². The molecule has 0 bridgehead atoms. The molecule has 0 spiro atoms. The van der Waals surface area contributed by atoms with Crippen molar-refractivity contribution in [1.29, 1.82) is 0 Å². The van der Waals surface area contributed by atoms with E-state index in [0.29, 0.717) is 55.6 Å². The van der Waals surface area contributed by atoms with Crippen LogP contribution in [0.3, 0.4) is 0 Å². The molecule has 206 valence electrons. The van der Waals surface area contributed by atoms with Crippen molar-refractivity contribution in [2.24, 2.45) is 28.6 Å². The Hall–Kier alpha value is -1.69. The van der Waals surface area contributed by atoms with Gasteiger partial charge in [0.05, 0.1) is 30.3 Å². The minimum atomic E-state index is -0.778. The molecular formula is C32H48O5. The lowest BCUT2D eigenvalue weighted by atomic mass is 9.61. The molecule has 4 fully saturated rings. The van der Waals surface area contributed by atoms with Gasteiger partial charge in [0.25, 0.3) is 0 Å². The molecule has 0 aromatic carbocycles. The second-order valence-electron chi connectivity index (χ2n) is 12.5. The monoisotopic (exact) mass is 512 g/mol. The summed E-state index contributed by atoms with van der Waals surface area (Å²) in [5.41, 5.74) is 2.61. The molecule has 4 aliphatic rings. The van der Waals surface area contributed by atoms with Crippen molar-refractivity contribution < 1.29 is 24.9 Å². The quantitative estimate of drug-likeness (QED) is 0.206. The van der Waals surface area contributed by atoms with Gasteiger partial charge in [0, 0.05) is 0 Å². The normalized spacial score (nSPS) is 35.9. The summed E-state index contributed by atoms with van der Waals surface area (Å²) in [6, 6.07) is 0. The number of carbonyl (C=O) groups excluding carboxylic acids is 1. The number of unbranched alkanes of at least 4 members (excludes halogenated alkanes) is 1. The van der Waals surface area contributed by atoms with Crippen molar-refractivity contribution in [1.82, 2.24) is 0 Å². The van der Waals surface area contributed by atoms with E-state index in [1.54, 1.807) is 0 Å². The molecule has 1 unspecified atom stereocenters. The molecule has 4 aliphatic carbocycles. The van der Waals surface area contributed by atoms with Crippen LogP contribution in [0.15, 0.2) is 47.6 Å². The number of rotatable bonds is 9. The van der Waals surface area contributed by atoms with Gasteiger partial charge in [-0.05, 0) is 93.0 Å². The van der Waals surface area contributed by atoms with E-state index in [4.69, 9.17) is 4.74 Å². The van der Waals surface area contributed by atoms with E-state index < -0.39 is 23.7 Å². The minimum absolute atomic E-state index is 0.216. The maximum atomic E-state index is 12.6. The molecule has 0 saturated heterocycles. The average molecular weight is 513 g/mol. The van der Waals surface area contributed by atoms with Gasteiger partial charge in [-0.15, -0.1) is 0 Å². The summed E-state index contributed by atoms with van der Waals surface area (Å²) in [6.07, 6.45) is 16.5. The largest absolute Gasteiger partial charge is 0.465 e. The first kappa shape index (κ1) is 28.3. The van der Waals surface area contributed by atoms with Gasteiger partial charge in [-0.25, -0.2) is 0 Å². The highest BCUT2D eigenvalue weighted by molar-refractivity contribution is 5.81. The van der Waals surface area contributed by atoms with E-state index in [-0.39, 0.29) is 11.4 Å². The van der Waals surface area contributed by atoms with Gasteiger partial charge < -0.3 is 20.1 Å². The van der Waals surface area contributed by atoms with Gasteiger partial charge in [-0.2, -0.15) is 0 Å². The molecule has 7 atom stereocenters. The second-order valence-corrected chi connectivity index (χ2v) is 12.5. The first-order valence-corrected chi connectivity index (χ1v) is 14.6. The summed E-state index contributed by atoms with van der Waals surface area (Å²) in [6.45, 7) is 11.0. The first-order chi connectivity index (χ1) is 17.6. The van der Waals surface area contributed by atoms with Gasteiger partial charge >= 0.3 is 5.97 Å². The van der Waals surface area contributed by atoms with Gasteiger partial charge in [0.1, 0.15) is 0 Å². The van der Waals surface area contributed by atoms with Crippen LogP contribution in [-0.2, 0) is 9.53 Å². The van der Waals surface area contributed by atoms with E-state index in [2.05, 4.69) is 45.6 Å². The Balaban J connectivity index is 1.40. The molecular weight excluding hydrogens is 464 g/mol. The van der Waals surface area contributed by atoms with Gasteiger partial charge in [0.15, 0.2) is 0 Å². The maximum Gasteiger partial charge on any atom is 0.315 e. The molecule has 0 radical (unpaired) electrons. The van der Waals surface area contributed by atoms with Gasteiger partial charge in [-0.1, -0.05) is 69.2 Å². The van der Waals surface area contributed by atoms with Crippen LogP contribution in [0.5, 0.6) is 0 Å². The number of aliphatic hydroxyl groups excluding tert-OH is 3. The lowest BCUT2D eigenvalue weighted by molar-refractivity contribution is -0.153. The van der Waals surface area contributed by atoms with Crippen LogP contribution in [0.4, 0.5) is 0 Å². The molecule has 0 aliphatic heterocycles. The SMILES string of the molecule is C=C1[C@H](O)CC(=C/C=C2\CCC[C@]3(C)C([C@H](C)/C=C/[C@@H](O)C4(C(=O)OCCCC)CC4)CC[C@@H]23)C[C@H]1O. The standard InChI is InChI=1S/C32H48O5/c1-5-6-18-37-30(36)32(16-17-32)29(35)14-9-21(2)25-12-13-26-24(8-7-15-31(25,26)4)11-10-23-19-27(33)22(3)28(34)20-23/h9-11,14,21,25-29,33-35H,3,5-8,12-13,15-20H2,1-2,4H3/b14-9+,24-11+/t21-,25?,26+,27-,28-,29-,31-/m1/s1. The molecule has 5 heteroatoms. The fourth-order valence-corrected chi connectivity index (χ4v) is 7.38. The topological polar surface area (TPSA) is 87.0 Å². The Labute approximate surface area is 223 Å². The third kappa shape index (κ3) is 5.84. The van der Waals surface area contributed by atoms with Crippen molar-refractivity contribution in [2.75, 3.05) is 6.61 Å². The number of ether oxygens (including phenoxy) is 1. The third-order valence-electron chi connectivity index (χ3n) is 10.1. The van der Waals surface area contributed by atoms with E-state index in [0.717, 1.165) is 31.3 Å². The summed E-state index contributed by atoms with van der Waals surface area (Å²) in [5, 5.41) is 31.3. The molecule has 0 amide bonds. The van der Waals surface area contributed by atoms with Crippen LogP contribution in [-0.4, -0.2) is 46.2 Å². The molecule has 4 rings (SSSR count). The number of carbonyl (C=O) groups is 1. The van der Waals surface area contributed by atoms with Crippen molar-refractivity contribution in [3.63, 3.8) is 0 Å². The Kier molecular flexibility index (Phi) is 8.87. The number of hydrogen-bond donors (Lipinski definition) is 3. The summed E-state index contributed by atoms with van der Waals surface area (Å²) in [7, 11) is 0. The molecule has 3 N–H and O–H groups in total. The van der Waals surface area contributed by atoms with Crippen molar-refractivity contribution >= 4 is 5.97 Å². The minimum Gasteiger partial charge on any atom is -0.465 e. The van der Waals surface area contributed by atoms with Crippen LogP contribution < -0.4 is 0 Å². The summed E-state index contributed by atoms with van der Waals surface area (Å²) in [5.74, 6) is 1.16. The van der Waals surface area contributed by atoms with E-state index in [1.165, 1.54) is 24.8 Å². The van der Waals surface area contributed by atoms with Crippen molar-refractivity contribution in [3.8, 4) is 0 Å². The number of hydrogen-bond acceptors (Lipinski definition) is 5. The zero-order valence-electron chi connectivity index (χ0n) is 23.1. The Morgan fingerprint density at radius 1 is 1.14 bits per heavy atom. The van der Waals surface area contributed by atoms with Crippen LogP contribution in [0.25, 0.3) is 0 Å². The number of esters is 1. The highest BCUT2D eigenvalue weighted by Crippen LogP contribution is 2.59. The predicted octanol–water partition coefficient (Wildman–Crippen LogP) is 5.80. The first-order valence-electron chi connectivity index (χ1n) is 14.6. The van der Waals surface area contributed by atoms with Crippen molar-refractivity contribution in [2.45, 2.75) is 110 Å². The summed E-state index contributed by atoms with van der Waals surface area (Å²) >= 11 is 0. The Bertz CT molecular complexity index is 925. The predicted molar refractivity (Wildman–Crippen MR) is 147 cm³/mol. The molecule has 0 aromatic heterocycles. The van der Waals surface area contributed by atoms with Crippen LogP contribution in [0.2, 0.25) is 0 Å². The second kappa shape index (κ2) is 11.6. The van der Waals surface area contributed by atoms with Crippen LogP contribution in [0.1, 0.15) is 91.4 Å². The fourth-order valence-electron chi connectivity index (χ4n) is 7.38. The molecule has 5 nitrogen and oxygen atoms in total. The molecule has 37 heavy (non-hydrogen) atoms. The number of aliphatic hydroxyl groups is 3. The smallest absolute Gasteiger partial charge is 0.315 e. The highest BCUT2D eigenvalue weighted by atomic mass is 16.5. The number of fused-ring (bicyclic) bond motifs is 1. The molecule has 0 heterocycles. The zero-order valence-corrected chi connectivity index (χ0v) is 23.1. The van der Waals surface area contributed by atoms with E-state index in [1.807, 2.05) is 6.08 Å². The van der Waals surface area contributed by atoms with Gasteiger partial charge in [-0.3, -0.25) is 4.79 Å². The van der Waals surface area contributed by atoms with E-state index >= 15 is 0 Å². The third-order valence-corrected chi connectivity index (χ3v) is 10.1. The fraction of sp³-hybridized carbons (Fsp3) is 0.719. The maximum absolute atomic E-state index is 12.6. The lowest BCUT2D eigenvalue weighted by Gasteiger charge is -2.44. The summed E-state index contributed by atoms with van der Waals surface area (Å²) in [4.78, 5) is 12.6. The average Bonchev–Trinajstić information content (AvgIpc) is 3.60. The Morgan fingerprint density at radius 3 is 2.49 bits per heavy atom. The summed E-state index contributed by atoms with van der Waals surface area (Å²) < 4.78 is 5.44. The Morgan fingerprint density at radius 2 is 1.84 bits per heavy atom. The van der Waals surface area contributed by atoms with Gasteiger partial charge in [0.2, 0.25) is 0 Å². The van der Waals surface area contributed by atoms with Crippen LogP contribution >= 0.6 is 0 Å².